The average Bonchev–Trinajstić information content (AvgIpc) is 2.67. The topological polar surface area (TPSA) is 59.4 Å². The van der Waals surface area contributed by atoms with Crippen LogP contribution in [0.1, 0.15) is 37.2 Å². The number of furan rings is 1. The van der Waals surface area contributed by atoms with Crippen molar-refractivity contribution in [3.63, 3.8) is 0 Å². The van der Waals surface area contributed by atoms with Crippen molar-refractivity contribution in [1.82, 2.24) is 0 Å². The fourth-order valence-corrected chi connectivity index (χ4v) is 2.43. The second-order valence-corrected chi connectivity index (χ2v) is 4.63. The van der Waals surface area contributed by atoms with E-state index in [1.807, 2.05) is 19.1 Å². The first-order chi connectivity index (χ1) is 7.16. The highest BCUT2D eigenvalue weighted by molar-refractivity contribution is 5.18. The third kappa shape index (κ3) is 1.94. The summed E-state index contributed by atoms with van der Waals surface area (Å²) in [7, 11) is 0. The fourth-order valence-electron chi connectivity index (χ4n) is 2.43. The summed E-state index contributed by atoms with van der Waals surface area (Å²) < 4.78 is 5.69. The molecule has 1 aliphatic carbocycles. The Hall–Kier alpha value is -0.800. The first-order valence-electron chi connectivity index (χ1n) is 5.61. The van der Waals surface area contributed by atoms with Gasteiger partial charge in [-0.05, 0) is 44.7 Å². The van der Waals surface area contributed by atoms with E-state index in [2.05, 4.69) is 0 Å². The predicted octanol–water partition coefficient (Wildman–Crippen LogP) is 1.72. The lowest BCUT2D eigenvalue weighted by atomic mass is 9.71. The summed E-state index contributed by atoms with van der Waals surface area (Å²) in [5.41, 5.74) is 5.85. The average molecular weight is 209 g/mol. The zero-order valence-corrected chi connectivity index (χ0v) is 9.20. The predicted molar refractivity (Wildman–Crippen MR) is 58.7 cm³/mol. The standard InChI is InChI=1S/C12H19NO2/c1-9-2-3-11(15-9)12(8-13)6-4-10(14)5-7-12/h2-3,10,14H,4-8,13H2,1H3. The molecule has 0 bridgehead atoms. The molecule has 1 saturated carbocycles. The molecule has 0 aromatic carbocycles. The van der Waals surface area contributed by atoms with Crippen molar-refractivity contribution in [2.45, 2.75) is 44.1 Å². The molecule has 84 valence electrons. The Morgan fingerprint density at radius 1 is 1.47 bits per heavy atom. The summed E-state index contributed by atoms with van der Waals surface area (Å²) in [4.78, 5) is 0. The van der Waals surface area contributed by atoms with Gasteiger partial charge < -0.3 is 15.3 Å². The van der Waals surface area contributed by atoms with Gasteiger partial charge >= 0.3 is 0 Å². The van der Waals surface area contributed by atoms with Crippen LogP contribution in [0, 0.1) is 6.92 Å². The molecule has 0 spiro atoms. The van der Waals surface area contributed by atoms with Crippen LogP contribution in [0.15, 0.2) is 16.5 Å². The van der Waals surface area contributed by atoms with Crippen LogP contribution in [0.3, 0.4) is 0 Å². The Balaban J connectivity index is 2.22. The van der Waals surface area contributed by atoms with E-state index in [1.165, 1.54) is 0 Å². The Labute approximate surface area is 90.3 Å². The summed E-state index contributed by atoms with van der Waals surface area (Å²) in [5, 5.41) is 9.52. The van der Waals surface area contributed by atoms with Gasteiger partial charge in [-0.1, -0.05) is 0 Å². The second-order valence-electron chi connectivity index (χ2n) is 4.63. The summed E-state index contributed by atoms with van der Waals surface area (Å²) in [6.45, 7) is 2.55. The lowest BCUT2D eigenvalue weighted by Crippen LogP contribution is -2.39. The van der Waals surface area contributed by atoms with Gasteiger partial charge in [-0.15, -0.1) is 0 Å². The number of hydrogen-bond donors (Lipinski definition) is 2. The van der Waals surface area contributed by atoms with Gasteiger partial charge in [0.05, 0.1) is 6.10 Å². The van der Waals surface area contributed by atoms with Crippen LogP contribution >= 0.6 is 0 Å². The Kier molecular flexibility index (Phi) is 2.85. The minimum Gasteiger partial charge on any atom is -0.466 e. The molecule has 15 heavy (non-hydrogen) atoms. The monoisotopic (exact) mass is 209 g/mol. The fraction of sp³-hybridized carbons (Fsp3) is 0.667. The molecule has 3 N–H and O–H groups in total. The molecule has 0 aliphatic heterocycles. The second kappa shape index (κ2) is 3.99. The van der Waals surface area contributed by atoms with Gasteiger partial charge in [0.15, 0.2) is 0 Å². The minimum atomic E-state index is -0.152. The molecule has 0 amide bonds. The molecule has 0 atom stereocenters. The highest BCUT2D eigenvalue weighted by atomic mass is 16.3. The molecular weight excluding hydrogens is 190 g/mol. The van der Waals surface area contributed by atoms with Crippen LogP contribution < -0.4 is 5.73 Å². The number of rotatable bonds is 2. The van der Waals surface area contributed by atoms with Crippen molar-refractivity contribution in [1.29, 1.82) is 0 Å². The lowest BCUT2D eigenvalue weighted by Gasteiger charge is -2.36. The van der Waals surface area contributed by atoms with Crippen LogP contribution in [0.5, 0.6) is 0 Å². The smallest absolute Gasteiger partial charge is 0.111 e. The number of hydrogen-bond acceptors (Lipinski definition) is 3. The number of nitrogens with two attached hydrogens (primary N) is 1. The summed E-state index contributed by atoms with van der Waals surface area (Å²) in [6, 6.07) is 4.01. The zero-order chi connectivity index (χ0) is 10.9. The van der Waals surface area contributed by atoms with Crippen LogP contribution in [0.25, 0.3) is 0 Å². The van der Waals surface area contributed by atoms with E-state index < -0.39 is 0 Å². The Morgan fingerprint density at radius 2 is 2.13 bits per heavy atom. The normalized spacial score (nSPS) is 31.8. The summed E-state index contributed by atoms with van der Waals surface area (Å²) in [6.07, 6.45) is 3.36. The SMILES string of the molecule is Cc1ccc(C2(CN)CCC(O)CC2)o1. The molecule has 1 heterocycles. The molecule has 3 nitrogen and oxygen atoms in total. The molecule has 1 aromatic rings. The molecular formula is C12H19NO2. The first kappa shape index (κ1) is 10.7. The van der Waals surface area contributed by atoms with Crippen molar-refractivity contribution in [3.05, 3.63) is 23.7 Å². The number of aryl methyl sites for hydroxylation is 1. The van der Waals surface area contributed by atoms with Gasteiger partial charge in [-0.2, -0.15) is 0 Å². The van der Waals surface area contributed by atoms with Gasteiger partial charge in [-0.25, -0.2) is 0 Å². The maximum atomic E-state index is 9.52. The van der Waals surface area contributed by atoms with E-state index in [0.717, 1.165) is 37.2 Å². The molecule has 0 unspecified atom stereocenters. The van der Waals surface area contributed by atoms with E-state index in [1.54, 1.807) is 0 Å². The van der Waals surface area contributed by atoms with Gasteiger partial charge in [0, 0.05) is 12.0 Å². The van der Waals surface area contributed by atoms with Gasteiger partial charge in [-0.3, -0.25) is 0 Å². The summed E-state index contributed by atoms with van der Waals surface area (Å²) in [5.74, 6) is 1.93. The molecule has 0 radical (unpaired) electrons. The van der Waals surface area contributed by atoms with E-state index in [0.29, 0.717) is 6.54 Å². The third-order valence-corrected chi connectivity index (χ3v) is 3.57. The molecule has 1 aliphatic rings. The highest BCUT2D eigenvalue weighted by Gasteiger charge is 2.37. The van der Waals surface area contributed by atoms with E-state index >= 15 is 0 Å². The van der Waals surface area contributed by atoms with Crippen molar-refractivity contribution >= 4 is 0 Å². The number of aliphatic hydroxyl groups excluding tert-OH is 1. The number of aliphatic hydroxyl groups is 1. The van der Waals surface area contributed by atoms with E-state index in [9.17, 15) is 5.11 Å². The zero-order valence-electron chi connectivity index (χ0n) is 9.20. The van der Waals surface area contributed by atoms with Gasteiger partial charge in [0.1, 0.15) is 11.5 Å². The van der Waals surface area contributed by atoms with Crippen LogP contribution in [0.4, 0.5) is 0 Å². The van der Waals surface area contributed by atoms with Crippen LogP contribution in [-0.4, -0.2) is 17.8 Å². The highest BCUT2D eigenvalue weighted by Crippen LogP contribution is 2.39. The molecule has 2 rings (SSSR count). The Morgan fingerprint density at radius 3 is 2.60 bits per heavy atom. The Bertz CT molecular complexity index is 324. The molecule has 1 fully saturated rings. The van der Waals surface area contributed by atoms with E-state index in [4.69, 9.17) is 10.2 Å². The van der Waals surface area contributed by atoms with Gasteiger partial charge in [0.25, 0.3) is 0 Å². The largest absolute Gasteiger partial charge is 0.466 e. The third-order valence-electron chi connectivity index (χ3n) is 3.57. The lowest BCUT2D eigenvalue weighted by molar-refractivity contribution is 0.0898. The molecule has 3 heteroatoms. The van der Waals surface area contributed by atoms with Crippen molar-refractivity contribution in [3.8, 4) is 0 Å². The van der Waals surface area contributed by atoms with Crippen LogP contribution in [0.2, 0.25) is 0 Å². The minimum absolute atomic E-state index is 0.0342. The van der Waals surface area contributed by atoms with Crippen LogP contribution in [-0.2, 0) is 5.41 Å². The quantitative estimate of drug-likeness (QED) is 0.779. The van der Waals surface area contributed by atoms with Gasteiger partial charge in [0.2, 0.25) is 0 Å². The molecule has 0 saturated heterocycles. The van der Waals surface area contributed by atoms with Crippen molar-refractivity contribution < 1.29 is 9.52 Å². The van der Waals surface area contributed by atoms with E-state index in [-0.39, 0.29) is 11.5 Å². The van der Waals surface area contributed by atoms with Crippen molar-refractivity contribution in [2.75, 3.05) is 6.54 Å². The maximum absolute atomic E-state index is 9.52. The first-order valence-corrected chi connectivity index (χ1v) is 5.61. The molecule has 1 aromatic heterocycles. The summed E-state index contributed by atoms with van der Waals surface area (Å²) >= 11 is 0. The maximum Gasteiger partial charge on any atom is 0.111 e. The van der Waals surface area contributed by atoms with Crippen molar-refractivity contribution in [2.24, 2.45) is 5.73 Å².